The van der Waals surface area contributed by atoms with E-state index >= 15 is 0 Å². The van der Waals surface area contributed by atoms with Crippen molar-refractivity contribution in [2.24, 2.45) is 0 Å². The van der Waals surface area contributed by atoms with Gasteiger partial charge < -0.3 is 5.32 Å². The molecule has 0 aliphatic carbocycles. The van der Waals surface area contributed by atoms with Crippen LogP contribution in [0.15, 0.2) is 0 Å². The maximum Gasteiger partial charge on any atom is 0.00865 e. The minimum Gasteiger partial charge on any atom is -0.314 e. The van der Waals surface area contributed by atoms with Gasteiger partial charge in [-0.1, -0.05) is 52.4 Å². The summed E-state index contributed by atoms with van der Waals surface area (Å²) in [5.41, 5.74) is 0. The van der Waals surface area contributed by atoms with Crippen LogP contribution in [-0.2, 0) is 0 Å². The van der Waals surface area contributed by atoms with Crippen LogP contribution in [0.5, 0.6) is 0 Å². The highest BCUT2D eigenvalue weighted by Crippen LogP contribution is 2.11. The van der Waals surface area contributed by atoms with Gasteiger partial charge in [-0.3, -0.25) is 0 Å². The van der Waals surface area contributed by atoms with Crippen LogP contribution >= 0.6 is 0 Å². The van der Waals surface area contributed by atoms with E-state index in [9.17, 15) is 0 Å². The maximum atomic E-state index is 5.26. The number of hydrogen-bond donors (Lipinski definition) is 1. The molecule has 0 unspecified atom stereocenters. The van der Waals surface area contributed by atoms with Crippen LogP contribution in [0.25, 0.3) is 0 Å². The third-order valence-electron chi connectivity index (χ3n) is 3.49. The Bertz CT molecular complexity index is 182. The summed E-state index contributed by atoms with van der Waals surface area (Å²) < 4.78 is 0. The molecule has 0 bridgehead atoms. The van der Waals surface area contributed by atoms with Crippen molar-refractivity contribution < 1.29 is 0 Å². The first kappa shape index (κ1) is 17.5. The Labute approximate surface area is 115 Å². The van der Waals surface area contributed by atoms with Gasteiger partial charge in [0, 0.05) is 12.5 Å². The summed E-state index contributed by atoms with van der Waals surface area (Å²) in [5, 5.41) is 3.73. The Kier molecular flexibility index (Phi) is 14.2. The molecule has 1 N–H and O–H groups in total. The quantitative estimate of drug-likeness (QED) is 0.362. The van der Waals surface area contributed by atoms with Gasteiger partial charge >= 0.3 is 0 Å². The molecule has 0 amide bonds. The lowest BCUT2D eigenvalue weighted by Gasteiger charge is -2.18. The first-order valence-corrected chi connectivity index (χ1v) is 8.02. The molecular formula is C17H33N. The average Bonchev–Trinajstić information content (AvgIpc) is 2.38. The molecule has 106 valence electrons. The molecule has 0 aromatic carbocycles. The van der Waals surface area contributed by atoms with Crippen molar-refractivity contribution in [3.8, 4) is 12.3 Å². The summed E-state index contributed by atoms with van der Waals surface area (Å²) in [6.45, 7) is 5.70. The van der Waals surface area contributed by atoms with Crippen LogP contribution in [0.2, 0.25) is 0 Å². The third-order valence-corrected chi connectivity index (χ3v) is 3.49. The molecular weight excluding hydrogens is 218 g/mol. The molecule has 0 saturated carbocycles. The Balaban J connectivity index is 3.63. The number of terminal acetylenes is 1. The van der Waals surface area contributed by atoms with Crippen LogP contribution in [0.1, 0.15) is 84.5 Å². The molecule has 1 heteroatoms. The Morgan fingerprint density at radius 2 is 1.50 bits per heavy atom. The van der Waals surface area contributed by atoms with Crippen molar-refractivity contribution in [3.63, 3.8) is 0 Å². The van der Waals surface area contributed by atoms with Crippen LogP contribution in [-0.4, -0.2) is 12.6 Å². The van der Waals surface area contributed by atoms with Gasteiger partial charge in [0.05, 0.1) is 0 Å². The summed E-state index contributed by atoms with van der Waals surface area (Å²) in [5.74, 6) is 2.71. The molecule has 0 aromatic heterocycles. The van der Waals surface area contributed by atoms with Crippen molar-refractivity contribution >= 4 is 0 Å². The largest absolute Gasteiger partial charge is 0.314 e. The van der Waals surface area contributed by atoms with Crippen molar-refractivity contribution in [2.45, 2.75) is 90.5 Å². The van der Waals surface area contributed by atoms with Crippen LogP contribution < -0.4 is 5.32 Å². The third kappa shape index (κ3) is 12.0. The van der Waals surface area contributed by atoms with E-state index in [0.29, 0.717) is 0 Å². The molecule has 0 atom stereocenters. The van der Waals surface area contributed by atoms with Crippen molar-refractivity contribution in [2.75, 3.05) is 6.54 Å². The van der Waals surface area contributed by atoms with Crippen LogP contribution in [0.3, 0.4) is 0 Å². The molecule has 0 aromatic rings. The van der Waals surface area contributed by atoms with Gasteiger partial charge in [0.15, 0.2) is 0 Å². The minimum absolute atomic E-state index is 0.744. The lowest BCUT2D eigenvalue weighted by molar-refractivity contribution is 0.414. The van der Waals surface area contributed by atoms with Crippen molar-refractivity contribution in [3.05, 3.63) is 0 Å². The molecule has 0 spiro atoms. The van der Waals surface area contributed by atoms with E-state index in [1.54, 1.807) is 0 Å². The molecule has 1 nitrogen and oxygen atoms in total. The predicted octanol–water partition coefficient (Wildman–Crippen LogP) is 4.91. The van der Waals surface area contributed by atoms with Gasteiger partial charge in [-0.25, -0.2) is 0 Å². The van der Waals surface area contributed by atoms with Gasteiger partial charge in [0.2, 0.25) is 0 Å². The standard InChI is InChI=1S/C17H33N/c1-4-7-10-13-16-18-17(14-11-8-5-2)15-12-9-6-3/h1,17-18H,5-16H2,2-3H3. The Morgan fingerprint density at radius 3 is 2.00 bits per heavy atom. The summed E-state index contributed by atoms with van der Waals surface area (Å²) in [7, 11) is 0. The normalized spacial score (nSPS) is 10.8. The van der Waals surface area contributed by atoms with Crippen molar-refractivity contribution in [1.82, 2.24) is 5.32 Å². The fraction of sp³-hybridized carbons (Fsp3) is 0.882. The molecule has 0 rings (SSSR count). The zero-order valence-electron chi connectivity index (χ0n) is 12.6. The van der Waals surface area contributed by atoms with Gasteiger partial charge in [-0.2, -0.15) is 0 Å². The molecule has 18 heavy (non-hydrogen) atoms. The van der Waals surface area contributed by atoms with E-state index in [2.05, 4.69) is 25.1 Å². The summed E-state index contributed by atoms with van der Waals surface area (Å²) >= 11 is 0. The summed E-state index contributed by atoms with van der Waals surface area (Å²) in [6, 6.07) is 0.744. The highest BCUT2D eigenvalue weighted by atomic mass is 14.9. The minimum atomic E-state index is 0.744. The van der Waals surface area contributed by atoms with Crippen LogP contribution in [0, 0.1) is 12.3 Å². The van der Waals surface area contributed by atoms with E-state index in [1.165, 1.54) is 64.2 Å². The SMILES string of the molecule is C#CCCCCNC(CCCCC)CCCCC. The van der Waals surface area contributed by atoms with E-state index < -0.39 is 0 Å². The number of hydrogen-bond acceptors (Lipinski definition) is 1. The molecule has 0 heterocycles. The lowest BCUT2D eigenvalue weighted by Crippen LogP contribution is -2.30. The fourth-order valence-corrected chi connectivity index (χ4v) is 2.29. The summed E-state index contributed by atoms with van der Waals surface area (Å²) in [6.07, 6.45) is 19.5. The second-order valence-electron chi connectivity index (χ2n) is 5.30. The number of unbranched alkanes of at least 4 members (excludes halogenated alkanes) is 6. The fourth-order valence-electron chi connectivity index (χ4n) is 2.29. The monoisotopic (exact) mass is 251 g/mol. The predicted molar refractivity (Wildman–Crippen MR) is 82.8 cm³/mol. The molecule has 0 aliphatic rings. The Morgan fingerprint density at radius 1 is 0.889 bits per heavy atom. The number of nitrogens with one attached hydrogen (secondary N) is 1. The van der Waals surface area contributed by atoms with E-state index in [1.807, 2.05) is 0 Å². The number of rotatable bonds is 13. The van der Waals surface area contributed by atoms with Crippen molar-refractivity contribution in [1.29, 1.82) is 0 Å². The highest BCUT2D eigenvalue weighted by molar-refractivity contribution is 4.83. The van der Waals surface area contributed by atoms with Gasteiger partial charge in [-0.15, -0.1) is 12.3 Å². The second-order valence-corrected chi connectivity index (χ2v) is 5.30. The average molecular weight is 251 g/mol. The molecule has 0 radical (unpaired) electrons. The first-order chi connectivity index (χ1) is 8.85. The molecule has 0 fully saturated rings. The van der Waals surface area contributed by atoms with E-state index in [-0.39, 0.29) is 0 Å². The Hall–Kier alpha value is -0.480. The van der Waals surface area contributed by atoms with Gasteiger partial charge in [0.1, 0.15) is 0 Å². The molecule has 0 aliphatic heterocycles. The molecule has 0 saturated heterocycles. The second kappa shape index (κ2) is 14.6. The smallest absolute Gasteiger partial charge is 0.00865 e. The maximum absolute atomic E-state index is 5.26. The van der Waals surface area contributed by atoms with E-state index in [4.69, 9.17) is 6.42 Å². The van der Waals surface area contributed by atoms with Gasteiger partial charge in [0.25, 0.3) is 0 Å². The first-order valence-electron chi connectivity index (χ1n) is 8.02. The lowest BCUT2D eigenvalue weighted by atomic mass is 10.0. The van der Waals surface area contributed by atoms with Crippen LogP contribution in [0.4, 0.5) is 0 Å². The zero-order valence-corrected chi connectivity index (χ0v) is 12.6. The van der Waals surface area contributed by atoms with E-state index in [0.717, 1.165) is 19.0 Å². The van der Waals surface area contributed by atoms with Gasteiger partial charge in [-0.05, 0) is 32.2 Å². The topological polar surface area (TPSA) is 12.0 Å². The highest BCUT2D eigenvalue weighted by Gasteiger charge is 2.06. The zero-order chi connectivity index (χ0) is 13.5. The summed E-state index contributed by atoms with van der Waals surface area (Å²) in [4.78, 5) is 0.